The molecule has 3 aromatic carbocycles. The molecular formula is C24H18F3NO4. The number of ether oxygens (including phenoxy) is 1. The van der Waals surface area contributed by atoms with Crippen molar-refractivity contribution in [3.63, 3.8) is 0 Å². The van der Waals surface area contributed by atoms with Gasteiger partial charge in [0.2, 0.25) is 5.72 Å². The summed E-state index contributed by atoms with van der Waals surface area (Å²) in [6, 6.07) is 22.4. The Kier molecular flexibility index (Phi) is 5.73. The van der Waals surface area contributed by atoms with E-state index in [1.54, 1.807) is 42.5 Å². The van der Waals surface area contributed by atoms with Crippen LogP contribution in [0.1, 0.15) is 16.7 Å². The molecule has 1 amide bonds. The molecule has 1 aliphatic rings. The first-order valence-corrected chi connectivity index (χ1v) is 9.65. The topological polar surface area (TPSA) is 59.0 Å². The van der Waals surface area contributed by atoms with Gasteiger partial charge < -0.3 is 9.84 Å². The van der Waals surface area contributed by atoms with E-state index in [0.29, 0.717) is 5.56 Å². The number of hydrogen-bond acceptors (Lipinski definition) is 4. The van der Waals surface area contributed by atoms with Gasteiger partial charge in [0.15, 0.2) is 0 Å². The van der Waals surface area contributed by atoms with Crippen molar-refractivity contribution in [2.45, 2.75) is 18.7 Å². The molecule has 8 heteroatoms. The van der Waals surface area contributed by atoms with Crippen molar-refractivity contribution in [3.8, 4) is 5.75 Å². The molecule has 1 heterocycles. The van der Waals surface area contributed by atoms with Crippen LogP contribution in [0.4, 0.5) is 13.2 Å². The van der Waals surface area contributed by atoms with Gasteiger partial charge in [-0.15, -0.1) is 13.2 Å². The van der Waals surface area contributed by atoms with Gasteiger partial charge in [-0.3, -0.25) is 9.63 Å². The number of alkyl halides is 3. The molecule has 1 aliphatic heterocycles. The molecule has 0 fully saturated rings. The summed E-state index contributed by atoms with van der Waals surface area (Å²) in [6.45, 7) is 0.0000675. The molecule has 0 radical (unpaired) electrons. The molecule has 3 aromatic rings. The number of benzene rings is 3. The normalized spacial score (nSPS) is 18.6. The Labute approximate surface area is 181 Å². The van der Waals surface area contributed by atoms with Crippen molar-refractivity contribution in [3.05, 3.63) is 108 Å². The summed E-state index contributed by atoms with van der Waals surface area (Å²) < 4.78 is 41.8. The highest BCUT2D eigenvalue weighted by atomic mass is 19.4. The number of amides is 1. The van der Waals surface area contributed by atoms with Gasteiger partial charge >= 0.3 is 6.36 Å². The first-order chi connectivity index (χ1) is 15.3. The molecule has 164 valence electrons. The van der Waals surface area contributed by atoms with Crippen molar-refractivity contribution >= 4 is 11.5 Å². The van der Waals surface area contributed by atoms with Gasteiger partial charge in [0.1, 0.15) is 12.4 Å². The van der Waals surface area contributed by atoms with Gasteiger partial charge in [-0.2, -0.15) is 5.06 Å². The van der Waals surface area contributed by atoms with Crippen LogP contribution in [-0.2, 0) is 22.0 Å². The number of halogens is 3. The van der Waals surface area contributed by atoms with Crippen LogP contribution < -0.4 is 4.74 Å². The summed E-state index contributed by atoms with van der Waals surface area (Å²) in [5.74, 6) is -1.17. The van der Waals surface area contributed by atoms with Crippen molar-refractivity contribution in [2.24, 2.45) is 0 Å². The smallest absolute Gasteiger partial charge is 0.406 e. The number of carbonyl (C=O) groups excluding carboxylic acids is 1. The number of carbonyl (C=O) groups is 1. The monoisotopic (exact) mass is 441 g/mol. The fourth-order valence-electron chi connectivity index (χ4n) is 3.41. The van der Waals surface area contributed by atoms with E-state index in [2.05, 4.69) is 4.74 Å². The lowest BCUT2D eigenvalue weighted by Crippen LogP contribution is -2.43. The number of hydroxylamine groups is 2. The number of hydrogen-bond donors (Lipinski definition) is 1. The maximum absolute atomic E-state index is 13.2. The molecule has 0 spiro atoms. The van der Waals surface area contributed by atoms with Gasteiger partial charge in [0.25, 0.3) is 5.91 Å². The molecule has 0 saturated carbocycles. The summed E-state index contributed by atoms with van der Waals surface area (Å²) in [6.07, 6.45) is -3.61. The second kappa shape index (κ2) is 8.49. The van der Waals surface area contributed by atoms with Gasteiger partial charge in [0, 0.05) is 5.56 Å². The zero-order chi connectivity index (χ0) is 22.8. The lowest BCUT2D eigenvalue weighted by molar-refractivity contribution is -0.274. The van der Waals surface area contributed by atoms with Crippen molar-refractivity contribution in [1.82, 2.24) is 5.06 Å². The Hall–Kier alpha value is -3.62. The molecule has 1 N–H and O–H groups in total. The Morgan fingerprint density at radius 2 is 1.56 bits per heavy atom. The van der Waals surface area contributed by atoms with Crippen LogP contribution >= 0.6 is 0 Å². The predicted octanol–water partition coefficient (Wildman–Crippen LogP) is 4.79. The fourth-order valence-corrected chi connectivity index (χ4v) is 3.41. The minimum atomic E-state index is -4.87. The van der Waals surface area contributed by atoms with E-state index < -0.39 is 23.7 Å². The maximum Gasteiger partial charge on any atom is 0.573 e. The molecule has 0 saturated heterocycles. The molecule has 4 rings (SSSR count). The third kappa shape index (κ3) is 4.51. The van der Waals surface area contributed by atoms with Gasteiger partial charge in [0.05, 0.1) is 5.57 Å². The van der Waals surface area contributed by atoms with Crippen LogP contribution in [-0.4, -0.2) is 22.4 Å². The summed E-state index contributed by atoms with van der Waals surface area (Å²) in [5, 5.41) is 12.3. The minimum absolute atomic E-state index is 0.0000675. The minimum Gasteiger partial charge on any atom is -0.406 e. The van der Waals surface area contributed by atoms with E-state index in [1.807, 2.05) is 18.2 Å². The molecule has 0 bridgehead atoms. The standard InChI is InChI=1S/C24H18F3NO4/c25-24(26,27)32-20-13-7-10-18(14-20)21-15-23(30,19-11-5-2-6-12-19)28(22(21)29)31-16-17-8-3-1-4-9-17/h1-15,30H,16H2. The first kappa shape index (κ1) is 21.6. The second-order valence-corrected chi connectivity index (χ2v) is 7.08. The molecule has 0 aromatic heterocycles. The SMILES string of the molecule is O=C1C(c2cccc(OC(F)(F)F)c2)=CC(O)(c2ccccc2)N1OCc1ccccc1. The summed E-state index contributed by atoms with van der Waals surface area (Å²) >= 11 is 0. The molecule has 5 nitrogen and oxygen atoms in total. The number of nitrogens with zero attached hydrogens (tertiary/aromatic N) is 1. The van der Waals surface area contributed by atoms with Crippen LogP contribution in [0.3, 0.4) is 0 Å². The summed E-state index contributed by atoms with van der Waals surface area (Å²) in [5.41, 5.74) is -0.693. The van der Waals surface area contributed by atoms with E-state index in [0.717, 1.165) is 22.8 Å². The molecule has 32 heavy (non-hydrogen) atoms. The number of aliphatic hydroxyl groups is 1. The average Bonchev–Trinajstić information content (AvgIpc) is 3.04. The largest absolute Gasteiger partial charge is 0.573 e. The zero-order valence-corrected chi connectivity index (χ0v) is 16.6. The van der Waals surface area contributed by atoms with E-state index in [1.165, 1.54) is 18.2 Å². The molecule has 1 unspecified atom stereocenters. The Bertz CT molecular complexity index is 1130. The van der Waals surface area contributed by atoms with Gasteiger partial charge in [-0.05, 0) is 29.3 Å². The predicted molar refractivity (Wildman–Crippen MR) is 110 cm³/mol. The third-order valence-corrected chi connectivity index (χ3v) is 4.85. The number of rotatable bonds is 6. The van der Waals surface area contributed by atoms with Crippen molar-refractivity contribution in [2.75, 3.05) is 0 Å². The van der Waals surface area contributed by atoms with E-state index in [9.17, 15) is 23.1 Å². The zero-order valence-electron chi connectivity index (χ0n) is 16.6. The maximum atomic E-state index is 13.2. The Morgan fingerprint density at radius 1 is 0.906 bits per heavy atom. The quantitative estimate of drug-likeness (QED) is 0.598. The molecule has 0 aliphatic carbocycles. The third-order valence-electron chi connectivity index (χ3n) is 4.85. The molecule has 1 atom stereocenters. The Balaban J connectivity index is 1.70. The highest BCUT2D eigenvalue weighted by molar-refractivity contribution is 6.21. The van der Waals surface area contributed by atoms with E-state index in [-0.39, 0.29) is 17.7 Å². The summed E-state index contributed by atoms with van der Waals surface area (Å²) in [4.78, 5) is 18.9. The summed E-state index contributed by atoms with van der Waals surface area (Å²) in [7, 11) is 0. The van der Waals surface area contributed by atoms with Crippen LogP contribution in [0.25, 0.3) is 5.57 Å². The van der Waals surface area contributed by atoms with Crippen LogP contribution in [0.2, 0.25) is 0 Å². The van der Waals surface area contributed by atoms with Crippen LogP contribution in [0.15, 0.2) is 91.0 Å². The highest BCUT2D eigenvalue weighted by Crippen LogP contribution is 2.40. The van der Waals surface area contributed by atoms with E-state index in [4.69, 9.17) is 4.84 Å². The lowest BCUT2D eigenvalue weighted by Gasteiger charge is -2.32. The van der Waals surface area contributed by atoms with Crippen LogP contribution in [0, 0.1) is 0 Å². The fraction of sp³-hybridized carbons (Fsp3) is 0.125. The molecular weight excluding hydrogens is 423 g/mol. The average molecular weight is 441 g/mol. The van der Waals surface area contributed by atoms with Crippen molar-refractivity contribution < 1.29 is 32.6 Å². The highest BCUT2D eigenvalue weighted by Gasteiger charge is 2.47. The first-order valence-electron chi connectivity index (χ1n) is 9.65. The van der Waals surface area contributed by atoms with Gasteiger partial charge in [-0.25, -0.2) is 0 Å². The van der Waals surface area contributed by atoms with Crippen molar-refractivity contribution in [1.29, 1.82) is 0 Å². The van der Waals surface area contributed by atoms with Gasteiger partial charge in [-0.1, -0.05) is 72.8 Å². The lowest BCUT2D eigenvalue weighted by atomic mass is 10.0. The Morgan fingerprint density at radius 3 is 2.22 bits per heavy atom. The second-order valence-electron chi connectivity index (χ2n) is 7.08. The van der Waals surface area contributed by atoms with Crippen LogP contribution in [0.5, 0.6) is 5.75 Å². The van der Waals surface area contributed by atoms with E-state index >= 15 is 0 Å².